The predicted octanol–water partition coefficient (Wildman–Crippen LogP) is -0.128. The van der Waals surface area contributed by atoms with E-state index in [4.69, 9.17) is 11.5 Å². The fraction of sp³-hybridized carbons (Fsp3) is 0.571. The molecule has 0 aliphatic carbocycles. The second-order valence-corrected chi connectivity index (χ2v) is 7.15. The molecule has 0 heterocycles. The number of rotatable bonds is 13. The summed E-state index contributed by atoms with van der Waals surface area (Å²) in [6.45, 7) is 3.67. The Labute approximate surface area is 172 Å². The molecular weight excluding hydrogens is 372 g/mol. The second kappa shape index (κ2) is 13.0. The lowest BCUT2D eigenvalue weighted by Crippen LogP contribution is -2.57. The van der Waals surface area contributed by atoms with Crippen molar-refractivity contribution < 1.29 is 19.5 Å². The number of aliphatic hydroxyl groups excluding tert-OH is 1. The van der Waals surface area contributed by atoms with Gasteiger partial charge in [-0.15, -0.1) is 0 Å². The normalized spacial score (nSPS) is 15.1. The summed E-state index contributed by atoms with van der Waals surface area (Å²) < 4.78 is 0. The van der Waals surface area contributed by atoms with Gasteiger partial charge >= 0.3 is 0 Å². The number of nitrogens with one attached hydrogen (secondary N) is 2. The number of aliphatic hydroxyl groups is 1. The van der Waals surface area contributed by atoms with Gasteiger partial charge in [-0.2, -0.15) is 0 Å². The molecule has 0 saturated heterocycles. The predicted molar refractivity (Wildman–Crippen MR) is 112 cm³/mol. The highest BCUT2D eigenvalue weighted by molar-refractivity contribution is 5.93. The number of hydrogen-bond donors (Lipinski definition) is 5. The zero-order valence-electron chi connectivity index (χ0n) is 17.3. The molecule has 4 atom stereocenters. The molecular formula is C21H34N4O4. The van der Waals surface area contributed by atoms with Gasteiger partial charge in [0.15, 0.2) is 5.78 Å². The second-order valence-electron chi connectivity index (χ2n) is 7.15. The van der Waals surface area contributed by atoms with E-state index in [1.54, 1.807) is 6.92 Å². The lowest BCUT2D eigenvalue weighted by atomic mass is 9.94. The molecule has 8 nitrogen and oxygen atoms in total. The summed E-state index contributed by atoms with van der Waals surface area (Å²) >= 11 is 0. The summed E-state index contributed by atoms with van der Waals surface area (Å²) in [5.74, 6) is -1.56. The summed E-state index contributed by atoms with van der Waals surface area (Å²) in [6, 6.07) is 7.60. The molecule has 0 spiro atoms. The summed E-state index contributed by atoms with van der Waals surface area (Å²) in [5.41, 5.74) is 12.2. The van der Waals surface area contributed by atoms with Crippen LogP contribution in [0.15, 0.2) is 30.3 Å². The molecule has 7 N–H and O–H groups in total. The van der Waals surface area contributed by atoms with Crippen molar-refractivity contribution in [3.8, 4) is 0 Å². The van der Waals surface area contributed by atoms with Crippen LogP contribution in [0.2, 0.25) is 0 Å². The molecule has 0 bridgehead atoms. The average Bonchev–Trinajstić information content (AvgIpc) is 2.70. The van der Waals surface area contributed by atoms with Crippen molar-refractivity contribution in [2.24, 2.45) is 17.4 Å². The van der Waals surface area contributed by atoms with Crippen LogP contribution in [0, 0.1) is 5.92 Å². The van der Waals surface area contributed by atoms with Crippen molar-refractivity contribution in [1.82, 2.24) is 10.6 Å². The fourth-order valence-corrected chi connectivity index (χ4v) is 3.09. The van der Waals surface area contributed by atoms with Gasteiger partial charge in [0.05, 0.1) is 12.1 Å². The van der Waals surface area contributed by atoms with Crippen LogP contribution in [0.1, 0.15) is 38.7 Å². The van der Waals surface area contributed by atoms with Gasteiger partial charge < -0.3 is 27.2 Å². The van der Waals surface area contributed by atoms with E-state index in [0.29, 0.717) is 25.8 Å². The average molecular weight is 407 g/mol. The smallest absolute Gasteiger partial charge is 0.245 e. The van der Waals surface area contributed by atoms with E-state index in [0.717, 1.165) is 5.56 Å². The maximum atomic E-state index is 12.8. The molecule has 1 aromatic carbocycles. The van der Waals surface area contributed by atoms with E-state index in [9.17, 15) is 19.5 Å². The van der Waals surface area contributed by atoms with Crippen molar-refractivity contribution >= 4 is 17.6 Å². The van der Waals surface area contributed by atoms with Crippen molar-refractivity contribution in [3.63, 3.8) is 0 Å². The minimum Gasteiger partial charge on any atom is -0.391 e. The third-order valence-corrected chi connectivity index (χ3v) is 4.78. The first kappa shape index (κ1) is 24.7. The van der Waals surface area contributed by atoms with Crippen LogP contribution >= 0.6 is 0 Å². The molecule has 8 heteroatoms. The minimum atomic E-state index is -1.18. The Morgan fingerprint density at radius 1 is 1.00 bits per heavy atom. The van der Waals surface area contributed by atoms with E-state index in [1.165, 1.54) is 6.92 Å². The zero-order valence-corrected chi connectivity index (χ0v) is 17.3. The standard InChI is InChI=1S/C21H34N4O4/c1-3-18(27)17(10-12-23)24-21(29)19(14(2)26)25-20(28)16(9-11-22)13-15-7-5-4-6-8-15/h4-8,14,16-17,19,26H,3,9-13,22-23H2,1-2H3,(H,24,29)(H,25,28)/t14-,16?,17-,19-/m0/s1. The van der Waals surface area contributed by atoms with Gasteiger partial charge in [-0.3, -0.25) is 14.4 Å². The zero-order chi connectivity index (χ0) is 21.8. The first-order valence-corrected chi connectivity index (χ1v) is 10.1. The van der Waals surface area contributed by atoms with Crippen molar-refractivity contribution in [1.29, 1.82) is 0 Å². The monoisotopic (exact) mass is 406 g/mol. The van der Waals surface area contributed by atoms with Crippen LogP contribution in [0.25, 0.3) is 0 Å². The van der Waals surface area contributed by atoms with Crippen LogP contribution < -0.4 is 22.1 Å². The van der Waals surface area contributed by atoms with Crippen molar-refractivity contribution in [2.75, 3.05) is 13.1 Å². The summed E-state index contributed by atoms with van der Waals surface area (Å²) in [5, 5.41) is 15.3. The molecule has 0 radical (unpaired) electrons. The third kappa shape index (κ3) is 8.31. The summed E-state index contributed by atoms with van der Waals surface area (Å²) in [4.78, 5) is 37.5. The van der Waals surface area contributed by atoms with Gasteiger partial charge in [-0.1, -0.05) is 37.3 Å². The van der Waals surface area contributed by atoms with Gasteiger partial charge in [0.25, 0.3) is 0 Å². The number of amides is 2. The number of benzene rings is 1. The number of Topliss-reactive ketones (excluding diaryl/α,β-unsaturated/α-hetero) is 1. The Balaban J connectivity index is 2.86. The molecule has 1 unspecified atom stereocenters. The molecule has 0 aliphatic rings. The first-order chi connectivity index (χ1) is 13.8. The van der Waals surface area contributed by atoms with Gasteiger partial charge in [0, 0.05) is 12.3 Å². The van der Waals surface area contributed by atoms with E-state index >= 15 is 0 Å². The van der Waals surface area contributed by atoms with Gasteiger partial charge in [-0.25, -0.2) is 0 Å². The van der Waals surface area contributed by atoms with Crippen LogP contribution in [0.5, 0.6) is 0 Å². The Bertz CT molecular complexity index is 651. The Morgan fingerprint density at radius 2 is 1.62 bits per heavy atom. The molecule has 0 aliphatic heterocycles. The quantitative estimate of drug-likeness (QED) is 0.308. The lowest BCUT2D eigenvalue weighted by Gasteiger charge is -2.26. The van der Waals surface area contributed by atoms with Gasteiger partial charge in [0.2, 0.25) is 11.8 Å². The minimum absolute atomic E-state index is 0.149. The fourth-order valence-electron chi connectivity index (χ4n) is 3.09. The van der Waals surface area contributed by atoms with Crippen LogP contribution in [0.3, 0.4) is 0 Å². The molecule has 162 valence electrons. The molecule has 2 amide bonds. The van der Waals surface area contributed by atoms with E-state index in [2.05, 4.69) is 10.6 Å². The number of carbonyl (C=O) groups is 3. The Morgan fingerprint density at radius 3 is 2.14 bits per heavy atom. The number of nitrogens with two attached hydrogens (primary N) is 2. The number of ketones is 1. The van der Waals surface area contributed by atoms with E-state index in [1.807, 2.05) is 30.3 Å². The van der Waals surface area contributed by atoms with Crippen LogP contribution in [-0.2, 0) is 20.8 Å². The molecule has 1 rings (SSSR count). The molecule has 29 heavy (non-hydrogen) atoms. The van der Waals surface area contributed by atoms with Gasteiger partial charge in [0.1, 0.15) is 6.04 Å². The maximum absolute atomic E-state index is 12.8. The molecule has 0 fully saturated rings. The molecule has 0 saturated carbocycles. The first-order valence-electron chi connectivity index (χ1n) is 10.1. The maximum Gasteiger partial charge on any atom is 0.245 e. The van der Waals surface area contributed by atoms with Gasteiger partial charge in [-0.05, 0) is 44.8 Å². The highest BCUT2D eigenvalue weighted by Crippen LogP contribution is 2.13. The third-order valence-electron chi connectivity index (χ3n) is 4.78. The Kier molecular flexibility index (Phi) is 11.1. The van der Waals surface area contributed by atoms with Crippen LogP contribution in [-0.4, -0.2) is 54.0 Å². The van der Waals surface area contributed by atoms with Crippen LogP contribution in [0.4, 0.5) is 0 Å². The Hall–Kier alpha value is -2.29. The summed E-state index contributed by atoms with van der Waals surface area (Å²) in [6.07, 6.45) is 0.334. The number of carbonyl (C=O) groups excluding carboxylic acids is 3. The largest absolute Gasteiger partial charge is 0.391 e. The highest BCUT2D eigenvalue weighted by atomic mass is 16.3. The lowest BCUT2D eigenvalue weighted by molar-refractivity contribution is -0.135. The number of hydrogen-bond acceptors (Lipinski definition) is 6. The summed E-state index contributed by atoms with van der Waals surface area (Å²) in [7, 11) is 0. The highest BCUT2D eigenvalue weighted by Gasteiger charge is 2.31. The molecule has 0 aromatic heterocycles. The molecule has 1 aromatic rings. The van der Waals surface area contributed by atoms with Crippen molar-refractivity contribution in [3.05, 3.63) is 35.9 Å². The SMILES string of the molecule is CCC(=O)[C@H](CCN)NC(=O)[C@@H](NC(=O)C(CCN)Cc1ccccc1)[C@H](C)O. The topological polar surface area (TPSA) is 148 Å². The van der Waals surface area contributed by atoms with Crippen molar-refractivity contribution in [2.45, 2.75) is 57.7 Å². The van der Waals surface area contributed by atoms with E-state index < -0.39 is 30.0 Å². The van der Waals surface area contributed by atoms with E-state index in [-0.39, 0.29) is 24.7 Å².